The minimum atomic E-state index is 0. The Morgan fingerprint density at radius 1 is 1.60 bits per heavy atom. The van der Waals surface area contributed by atoms with Crippen LogP contribution in [0.15, 0.2) is 0 Å². The van der Waals surface area contributed by atoms with Crippen molar-refractivity contribution in [3.63, 3.8) is 0 Å². The van der Waals surface area contributed by atoms with Crippen LogP contribution in [0.3, 0.4) is 0 Å². The Balaban J connectivity index is 0.000000160. The second kappa shape index (κ2) is 3.14. The third kappa shape index (κ3) is 1.75. The van der Waals surface area contributed by atoms with Crippen LogP contribution in [0.25, 0.3) is 0 Å². The van der Waals surface area contributed by atoms with E-state index in [0.717, 1.165) is 0 Å². The van der Waals surface area contributed by atoms with Gasteiger partial charge >= 0.3 is 25.6 Å². The van der Waals surface area contributed by atoms with E-state index < -0.39 is 0 Å². The molecule has 0 aromatic rings. The van der Waals surface area contributed by atoms with Crippen molar-refractivity contribution in [2.24, 2.45) is 0 Å². The van der Waals surface area contributed by atoms with Crippen molar-refractivity contribution in [3.8, 4) is 0 Å². The third-order valence-electron chi connectivity index (χ3n) is 0.667. The fraction of sp³-hybridized carbons (Fsp3) is 0.667. The Hall–Kier alpha value is 0.935. The second-order valence-electron chi connectivity index (χ2n) is 1.05. The molecule has 5 heavy (non-hydrogen) atoms. The van der Waals surface area contributed by atoms with Crippen LogP contribution in [0.2, 0.25) is 6.32 Å². The Labute approximate surface area is 55.2 Å². The minimum absolute atomic E-state index is 0. The maximum Gasteiger partial charge on any atom is 0 e. The summed E-state index contributed by atoms with van der Waals surface area (Å²) in [7, 11) is 0. The minimum Gasteiger partial charge on any atom is 0 e. The van der Waals surface area contributed by atoms with Crippen molar-refractivity contribution in [1.82, 2.24) is 0 Å². The van der Waals surface area contributed by atoms with Crippen LogP contribution in [0, 0.1) is 0 Å². The molecule has 0 fully saturated rings. The van der Waals surface area contributed by atoms with Gasteiger partial charge in [-0.1, -0.05) is 0 Å². The smallest absolute Gasteiger partial charge is 0 e. The van der Waals surface area contributed by atoms with Gasteiger partial charge in [-0.05, 0) is 0 Å². The zero-order chi connectivity index (χ0) is 2.83. The van der Waals surface area contributed by atoms with Crippen molar-refractivity contribution in [2.45, 2.75) is 12.7 Å². The van der Waals surface area contributed by atoms with E-state index in [1.165, 1.54) is 12.7 Å². The van der Waals surface area contributed by atoms with Gasteiger partial charge in [-0.2, -0.15) is 0 Å². The summed E-state index contributed by atoms with van der Waals surface area (Å²) in [6.45, 7) is 2.18. The molecule has 0 spiro atoms. The fourth-order valence-electron chi connectivity index (χ4n) is 0.167. The van der Waals surface area contributed by atoms with E-state index in [-0.39, 0.29) is 29.6 Å². The molecule has 0 atom stereocenters. The number of hydrogen-bond donors (Lipinski definition) is 0. The molecule has 21 valence electrons. The average Bonchev–Trinajstić information content (AvgIpc) is 0.722. The van der Waals surface area contributed by atoms with Crippen molar-refractivity contribution in [3.05, 3.63) is 0 Å². The summed E-state index contributed by atoms with van der Waals surface area (Å²) < 4.78 is 0. The van der Waals surface area contributed by atoms with Crippen molar-refractivity contribution in [1.29, 1.82) is 0 Å². The van der Waals surface area contributed by atoms with Crippen LogP contribution in [0.1, 0.15) is 6.42 Å². The van der Waals surface area contributed by atoms with Gasteiger partial charge in [-0.25, -0.2) is 0 Å². The van der Waals surface area contributed by atoms with Gasteiger partial charge in [-0.3, -0.25) is 0 Å². The molecule has 0 nitrogen and oxygen atoms in total. The van der Waals surface area contributed by atoms with Crippen LogP contribution < -0.4 is 0 Å². The summed E-state index contributed by atoms with van der Waals surface area (Å²) in [5.41, 5.74) is 0. The van der Waals surface area contributed by atoms with Crippen molar-refractivity contribution >= 4 is 42.4 Å². The quantitative estimate of drug-likeness (QED) is 0.353. The van der Waals surface area contributed by atoms with Crippen LogP contribution >= 0.6 is 0 Å². The van der Waals surface area contributed by atoms with Crippen LogP contribution in [0.5, 0.6) is 0 Å². The third-order valence-corrected chi connectivity index (χ3v) is 0.667. The molecule has 0 aliphatic carbocycles. The Morgan fingerprint density at radius 2 is 1.80 bits per heavy atom. The number of rotatable bonds is 0. The molecule has 0 N–H and O–H groups in total. The summed E-state index contributed by atoms with van der Waals surface area (Å²) in [5, 5.41) is 0. The van der Waals surface area contributed by atoms with Gasteiger partial charge in [-0.15, -0.1) is 0 Å². The first-order valence-corrected chi connectivity index (χ1v) is 1.65. The largest absolute Gasteiger partial charge is 0 e. The summed E-state index contributed by atoms with van der Waals surface area (Å²) >= 11 is 0. The molecule has 0 amide bonds. The average molecular weight is 74.9 g/mol. The van der Waals surface area contributed by atoms with E-state index in [1.54, 1.807) is 0 Å². The van der Waals surface area contributed by atoms with E-state index in [4.69, 9.17) is 0 Å². The zero-order valence-electron chi connectivity index (χ0n) is 3.57. The molecule has 2 heteroatoms. The van der Waals surface area contributed by atoms with Gasteiger partial charge in [0.1, 0.15) is 0 Å². The SMILES string of the molecule is B1=CCC1.[Na]. The Kier molecular flexibility index (Phi) is 3.72. The summed E-state index contributed by atoms with van der Waals surface area (Å²) in [4.78, 5) is 0. The molecule has 0 unspecified atom stereocenters. The van der Waals surface area contributed by atoms with E-state index in [9.17, 15) is 0 Å². The maximum absolute atomic E-state index is 2.18. The Morgan fingerprint density at radius 3 is 1.80 bits per heavy atom. The molecule has 1 heterocycles. The second-order valence-corrected chi connectivity index (χ2v) is 1.05. The first-order valence-electron chi connectivity index (χ1n) is 1.65. The van der Waals surface area contributed by atoms with Crippen LogP contribution in [-0.2, 0) is 0 Å². The molecule has 0 aromatic carbocycles. The molecule has 0 saturated heterocycles. The zero-order valence-corrected chi connectivity index (χ0v) is 5.57. The van der Waals surface area contributed by atoms with Gasteiger partial charge in [0.25, 0.3) is 0 Å². The monoisotopic (exact) mass is 75.0 g/mol. The molecule has 0 aromatic heterocycles. The van der Waals surface area contributed by atoms with Crippen LogP contribution in [0.4, 0.5) is 0 Å². The predicted octanol–water partition coefficient (Wildman–Crippen LogP) is -0.0660. The van der Waals surface area contributed by atoms with Crippen LogP contribution in [-0.4, -0.2) is 42.4 Å². The molecule has 1 radical (unpaired) electrons. The van der Waals surface area contributed by atoms with Crippen molar-refractivity contribution in [2.75, 3.05) is 0 Å². The van der Waals surface area contributed by atoms with E-state index in [0.29, 0.717) is 0 Å². The van der Waals surface area contributed by atoms with Crippen molar-refractivity contribution < 1.29 is 0 Å². The van der Waals surface area contributed by atoms with E-state index in [1.807, 2.05) is 0 Å². The number of hydrogen-bond acceptors (Lipinski definition) is 0. The standard InChI is InChI=1S/C3H5B.Na/c1-2-4-3-1;/h2H,1,3H2;. The molecular formula is C3H5BNa. The fourth-order valence-corrected chi connectivity index (χ4v) is 0.167. The molecule has 1 aliphatic rings. The normalized spacial score (nSPS) is 14.4. The first kappa shape index (κ1) is 5.93. The molecule has 0 saturated carbocycles. The molecule has 0 bridgehead atoms. The molecular weight excluding hydrogens is 69.8 g/mol. The van der Waals surface area contributed by atoms with Gasteiger partial charge < -0.3 is 0 Å². The maximum atomic E-state index is 2.18. The van der Waals surface area contributed by atoms with E-state index in [2.05, 4.69) is 12.9 Å². The predicted molar refractivity (Wildman–Crippen MR) is 27.0 cm³/mol. The van der Waals surface area contributed by atoms with Gasteiger partial charge in [0.15, 0.2) is 0 Å². The van der Waals surface area contributed by atoms with Gasteiger partial charge in [0, 0.05) is 29.6 Å². The Bertz CT molecular complexity index is 36.2. The molecule has 1 rings (SSSR count). The summed E-state index contributed by atoms with van der Waals surface area (Å²) in [6, 6.07) is 0. The molecule has 1 aliphatic heterocycles. The van der Waals surface area contributed by atoms with Gasteiger partial charge in [0.2, 0.25) is 0 Å². The first-order chi connectivity index (χ1) is 2.00. The summed E-state index contributed by atoms with van der Waals surface area (Å²) in [6.07, 6.45) is 2.64. The van der Waals surface area contributed by atoms with Gasteiger partial charge in [0.05, 0.1) is 0 Å². The topological polar surface area (TPSA) is 0 Å². The summed E-state index contributed by atoms with van der Waals surface area (Å²) in [5.74, 6) is 2.18. The van der Waals surface area contributed by atoms with E-state index >= 15 is 0 Å².